The third-order valence-corrected chi connectivity index (χ3v) is 8.20. The molecule has 0 bridgehead atoms. The third kappa shape index (κ3) is 5.05. The number of likely N-dealkylation sites (tertiary alicyclic amines) is 1. The molecule has 1 saturated heterocycles. The van der Waals surface area contributed by atoms with Gasteiger partial charge in [0.05, 0.1) is 23.0 Å². The number of pyridine rings is 1. The molecule has 1 aliphatic heterocycles. The molecule has 0 radical (unpaired) electrons. The Balaban J connectivity index is 1.37. The second-order valence-corrected chi connectivity index (χ2v) is 11.3. The zero-order valence-electron chi connectivity index (χ0n) is 22.6. The zero-order chi connectivity index (χ0) is 27.9. The van der Waals surface area contributed by atoms with Crippen LogP contribution in [-0.2, 0) is 19.0 Å². The van der Waals surface area contributed by atoms with Crippen LogP contribution in [0.1, 0.15) is 58.3 Å². The number of benzene rings is 1. The van der Waals surface area contributed by atoms with E-state index in [0.29, 0.717) is 35.8 Å². The Morgan fingerprint density at radius 3 is 2.67 bits per heavy atom. The molecule has 5 aromatic rings. The molecule has 10 nitrogen and oxygen atoms in total. The lowest BCUT2D eigenvalue weighted by atomic mass is 9.94. The summed E-state index contributed by atoms with van der Waals surface area (Å²) in [5.41, 5.74) is 10.0. The first-order chi connectivity index (χ1) is 19.3. The minimum absolute atomic E-state index is 0.0473. The molecule has 0 unspecified atom stereocenters. The van der Waals surface area contributed by atoms with E-state index in [1.54, 1.807) is 34.3 Å². The quantitative estimate of drug-likeness (QED) is 0.307. The monoisotopic (exact) mass is 554 g/mol. The summed E-state index contributed by atoms with van der Waals surface area (Å²) in [5.74, 6) is 0.409. The maximum absolute atomic E-state index is 14.0. The molecule has 1 fully saturated rings. The van der Waals surface area contributed by atoms with Gasteiger partial charge in [-0.15, -0.1) is 21.5 Å². The number of nitrogens with zero attached hydrogens (tertiary/aromatic N) is 7. The molecule has 2 atom stereocenters. The van der Waals surface area contributed by atoms with Gasteiger partial charge in [-0.05, 0) is 56.9 Å². The lowest BCUT2D eigenvalue weighted by molar-refractivity contribution is 0.0735. The largest absolute Gasteiger partial charge is 0.417 e. The number of carbonyl (C=O) groups excluding carboxylic acids is 1. The molecule has 5 heterocycles. The fourth-order valence-electron chi connectivity index (χ4n) is 5.13. The summed E-state index contributed by atoms with van der Waals surface area (Å²) in [6.45, 7) is 4.50. The lowest BCUT2D eigenvalue weighted by Gasteiger charge is -2.23. The van der Waals surface area contributed by atoms with Crippen LogP contribution in [0.5, 0.6) is 0 Å². The maximum atomic E-state index is 14.0. The van der Waals surface area contributed by atoms with Crippen LogP contribution in [0.3, 0.4) is 0 Å². The van der Waals surface area contributed by atoms with E-state index in [0.717, 1.165) is 34.8 Å². The molecule has 1 amide bonds. The standard InChI is InChI=1S/C29H30N8O2S/c1-18-17-40-26(32-18)24-10-7-13-37(24)27(38)20-14-21(23-11-12-31-36(23)3)33-22(15-20)25-34-35-28(39-25)29(2,30)16-19-8-5-4-6-9-19/h4-6,8-9,11-12,14-15,17,24H,7,10,13,16,30H2,1-3H3/t24-,29-/m1/s1. The van der Waals surface area contributed by atoms with Gasteiger partial charge < -0.3 is 15.1 Å². The Kier molecular flexibility index (Phi) is 6.77. The van der Waals surface area contributed by atoms with E-state index in [1.165, 1.54) is 0 Å². The molecule has 1 aromatic carbocycles. The molecule has 11 heteroatoms. The summed E-state index contributed by atoms with van der Waals surface area (Å²) in [4.78, 5) is 25.3. The number of carbonyl (C=O) groups is 1. The average molecular weight is 555 g/mol. The summed E-state index contributed by atoms with van der Waals surface area (Å²) >= 11 is 1.60. The maximum Gasteiger partial charge on any atom is 0.266 e. The smallest absolute Gasteiger partial charge is 0.266 e. The minimum Gasteiger partial charge on any atom is -0.417 e. The summed E-state index contributed by atoms with van der Waals surface area (Å²) < 4.78 is 7.81. The van der Waals surface area contributed by atoms with Crippen molar-refractivity contribution in [3.8, 4) is 23.0 Å². The van der Waals surface area contributed by atoms with E-state index in [2.05, 4.69) is 20.3 Å². The summed E-state index contributed by atoms with van der Waals surface area (Å²) in [6.07, 6.45) is 4.02. The van der Waals surface area contributed by atoms with Gasteiger partial charge in [-0.25, -0.2) is 9.97 Å². The Labute approximate surface area is 235 Å². The predicted molar refractivity (Wildman–Crippen MR) is 151 cm³/mol. The Bertz CT molecular complexity index is 1660. The SMILES string of the molecule is Cc1csc([C@H]2CCCN2C(=O)c2cc(-c3nnc([C@](C)(N)Cc4ccccc4)o3)nc(-c3ccnn3C)c2)n1. The minimum atomic E-state index is -0.889. The molecule has 4 aromatic heterocycles. The average Bonchev–Trinajstić information content (AvgIpc) is 3.75. The van der Waals surface area contributed by atoms with E-state index in [-0.39, 0.29) is 17.8 Å². The molecule has 0 spiro atoms. The fourth-order valence-corrected chi connectivity index (χ4v) is 6.07. The van der Waals surface area contributed by atoms with Gasteiger partial charge in [0.2, 0.25) is 5.89 Å². The van der Waals surface area contributed by atoms with E-state index >= 15 is 0 Å². The number of thiazole rings is 1. The molecular weight excluding hydrogens is 524 g/mol. The van der Waals surface area contributed by atoms with Crippen molar-refractivity contribution in [2.45, 2.75) is 44.7 Å². The van der Waals surface area contributed by atoms with Crippen LogP contribution in [0.15, 0.2) is 64.5 Å². The fraction of sp³-hybridized carbons (Fsp3) is 0.310. The van der Waals surface area contributed by atoms with Gasteiger partial charge in [0.15, 0.2) is 0 Å². The highest BCUT2D eigenvalue weighted by Gasteiger charge is 2.34. The number of hydrogen-bond donors (Lipinski definition) is 1. The normalized spacial score (nSPS) is 16.8. The zero-order valence-corrected chi connectivity index (χ0v) is 23.4. The number of aryl methyl sites for hydroxylation is 2. The molecular formula is C29H30N8O2S. The van der Waals surface area contributed by atoms with Crippen molar-refractivity contribution >= 4 is 17.2 Å². The second-order valence-electron chi connectivity index (χ2n) is 10.4. The molecule has 0 aliphatic carbocycles. The first kappa shape index (κ1) is 26.0. The number of nitrogens with two attached hydrogens (primary N) is 1. The predicted octanol–water partition coefficient (Wildman–Crippen LogP) is 4.69. The van der Waals surface area contributed by atoms with Crippen molar-refractivity contribution in [1.29, 1.82) is 0 Å². The topological polar surface area (TPSA) is 129 Å². The third-order valence-electron chi connectivity index (χ3n) is 7.14. The summed E-state index contributed by atoms with van der Waals surface area (Å²) in [7, 11) is 1.83. The first-order valence-corrected chi connectivity index (χ1v) is 14.1. The van der Waals surface area contributed by atoms with Gasteiger partial charge in [-0.3, -0.25) is 9.48 Å². The highest BCUT2D eigenvalue weighted by Crippen LogP contribution is 2.36. The molecule has 6 rings (SSSR count). The van der Waals surface area contributed by atoms with E-state index in [9.17, 15) is 4.79 Å². The molecule has 1 aliphatic rings. The van der Waals surface area contributed by atoms with E-state index < -0.39 is 5.54 Å². The van der Waals surface area contributed by atoms with E-state index in [1.807, 2.05) is 67.6 Å². The van der Waals surface area contributed by atoms with Crippen LogP contribution in [0, 0.1) is 6.92 Å². The van der Waals surface area contributed by atoms with Crippen molar-refractivity contribution in [3.05, 3.63) is 87.8 Å². The van der Waals surface area contributed by atoms with Crippen molar-refractivity contribution in [1.82, 2.24) is 34.8 Å². The highest BCUT2D eigenvalue weighted by molar-refractivity contribution is 7.09. The van der Waals surface area contributed by atoms with Crippen molar-refractivity contribution in [2.24, 2.45) is 12.8 Å². The van der Waals surface area contributed by atoms with Gasteiger partial charge in [-0.1, -0.05) is 30.3 Å². The second kappa shape index (κ2) is 10.4. The summed E-state index contributed by atoms with van der Waals surface area (Å²) in [6, 6.07) is 15.2. The van der Waals surface area contributed by atoms with Gasteiger partial charge >= 0.3 is 0 Å². The van der Waals surface area contributed by atoms with Crippen molar-refractivity contribution < 1.29 is 9.21 Å². The Morgan fingerprint density at radius 1 is 1.15 bits per heavy atom. The first-order valence-electron chi connectivity index (χ1n) is 13.2. The lowest BCUT2D eigenvalue weighted by Crippen LogP contribution is -2.35. The van der Waals surface area contributed by atoms with Crippen LogP contribution >= 0.6 is 11.3 Å². The van der Waals surface area contributed by atoms with Crippen LogP contribution in [-0.4, -0.2) is 47.3 Å². The van der Waals surface area contributed by atoms with E-state index in [4.69, 9.17) is 15.1 Å². The Hall–Kier alpha value is -4.22. The van der Waals surface area contributed by atoms with Gasteiger partial charge in [0.25, 0.3) is 11.8 Å². The molecule has 40 heavy (non-hydrogen) atoms. The number of hydrogen-bond acceptors (Lipinski definition) is 9. The van der Waals surface area contributed by atoms with Crippen LogP contribution in [0.2, 0.25) is 0 Å². The molecule has 0 saturated carbocycles. The van der Waals surface area contributed by atoms with Gasteiger partial charge in [0.1, 0.15) is 10.7 Å². The number of aromatic nitrogens is 6. The molecule has 204 valence electrons. The number of amides is 1. The highest BCUT2D eigenvalue weighted by atomic mass is 32.1. The van der Waals surface area contributed by atoms with Crippen LogP contribution in [0.25, 0.3) is 23.0 Å². The van der Waals surface area contributed by atoms with Crippen LogP contribution in [0.4, 0.5) is 0 Å². The summed E-state index contributed by atoms with van der Waals surface area (Å²) in [5, 5.41) is 15.8. The molecule has 2 N–H and O–H groups in total. The number of rotatable bonds is 7. The van der Waals surface area contributed by atoms with Crippen molar-refractivity contribution in [3.63, 3.8) is 0 Å². The Morgan fingerprint density at radius 2 is 1.95 bits per heavy atom. The van der Waals surface area contributed by atoms with Crippen LogP contribution < -0.4 is 5.73 Å². The van der Waals surface area contributed by atoms with Gasteiger partial charge in [-0.2, -0.15) is 5.10 Å². The van der Waals surface area contributed by atoms with Gasteiger partial charge in [0, 0.05) is 36.4 Å². The van der Waals surface area contributed by atoms with Crippen molar-refractivity contribution in [2.75, 3.05) is 6.54 Å².